The Morgan fingerprint density at radius 2 is 2.22 bits per heavy atom. The predicted octanol–water partition coefficient (Wildman–Crippen LogP) is 2.13. The quantitative estimate of drug-likeness (QED) is 0.857. The maximum atomic E-state index is 10.8. The highest BCUT2D eigenvalue weighted by molar-refractivity contribution is 7.17. The summed E-state index contributed by atoms with van der Waals surface area (Å²) < 4.78 is 0. The van der Waals surface area contributed by atoms with Crippen molar-refractivity contribution in [2.24, 2.45) is 0 Å². The Balaban J connectivity index is 1.99. The van der Waals surface area contributed by atoms with E-state index in [2.05, 4.69) is 29.3 Å². The molecule has 0 radical (unpaired) electrons. The van der Waals surface area contributed by atoms with Crippen molar-refractivity contribution in [2.75, 3.05) is 26.0 Å². The van der Waals surface area contributed by atoms with Crippen LogP contribution in [-0.4, -0.2) is 47.1 Å². The highest BCUT2D eigenvalue weighted by Gasteiger charge is 2.35. The third-order valence-electron chi connectivity index (χ3n) is 3.77. The van der Waals surface area contributed by atoms with Crippen LogP contribution in [0.15, 0.2) is 6.20 Å². The van der Waals surface area contributed by atoms with Gasteiger partial charge >= 0.3 is 5.97 Å². The van der Waals surface area contributed by atoms with E-state index in [0.717, 1.165) is 6.54 Å². The van der Waals surface area contributed by atoms with Crippen molar-refractivity contribution in [3.63, 3.8) is 0 Å². The molecule has 18 heavy (non-hydrogen) atoms. The summed E-state index contributed by atoms with van der Waals surface area (Å²) in [5.41, 5.74) is 0.190. The van der Waals surface area contributed by atoms with E-state index in [9.17, 15) is 4.79 Å². The minimum atomic E-state index is -0.913. The molecule has 0 spiro atoms. The number of rotatable bonds is 5. The minimum absolute atomic E-state index is 0.190. The average molecular weight is 269 g/mol. The molecular formula is C12H19N3O2S. The third kappa shape index (κ3) is 2.64. The molecular weight excluding hydrogens is 250 g/mol. The number of hydrogen-bond donors (Lipinski definition) is 2. The van der Waals surface area contributed by atoms with Gasteiger partial charge in [-0.15, -0.1) is 0 Å². The van der Waals surface area contributed by atoms with Crippen molar-refractivity contribution < 1.29 is 9.90 Å². The Bertz CT molecular complexity index is 425. The number of anilines is 1. The van der Waals surface area contributed by atoms with E-state index in [1.807, 2.05) is 0 Å². The number of aromatic nitrogens is 1. The lowest BCUT2D eigenvalue weighted by Crippen LogP contribution is -2.47. The fourth-order valence-electron chi connectivity index (χ4n) is 2.51. The van der Waals surface area contributed by atoms with Gasteiger partial charge in [0.05, 0.1) is 6.20 Å². The summed E-state index contributed by atoms with van der Waals surface area (Å²) in [6.45, 7) is 0.826. The van der Waals surface area contributed by atoms with Crippen LogP contribution in [0, 0.1) is 0 Å². The first-order valence-electron chi connectivity index (χ1n) is 6.14. The standard InChI is InChI=1S/C12H19N3O2S/c1-15(2)12(5-3-4-6-12)8-14-11-13-7-9(18-11)10(16)17/h7H,3-6,8H2,1-2H3,(H,13,14)(H,16,17). The van der Waals surface area contributed by atoms with E-state index in [4.69, 9.17) is 5.11 Å². The molecule has 0 aromatic carbocycles. The Morgan fingerprint density at radius 3 is 2.72 bits per heavy atom. The van der Waals surface area contributed by atoms with Crippen molar-refractivity contribution in [3.05, 3.63) is 11.1 Å². The van der Waals surface area contributed by atoms with Gasteiger partial charge in [0.2, 0.25) is 0 Å². The van der Waals surface area contributed by atoms with Gasteiger partial charge in [0.1, 0.15) is 4.88 Å². The largest absolute Gasteiger partial charge is 0.477 e. The number of likely N-dealkylation sites (N-methyl/N-ethyl adjacent to an activating group) is 1. The van der Waals surface area contributed by atoms with Gasteiger partial charge in [-0.05, 0) is 26.9 Å². The number of carbonyl (C=O) groups is 1. The van der Waals surface area contributed by atoms with Gasteiger partial charge in [-0.1, -0.05) is 24.2 Å². The molecule has 6 heteroatoms. The van der Waals surface area contributed by atoms with Gasteiger partial charge in [0.15, 0.2) is 5.13 Å². The van der Waals surface area contributed by atoms with Crippen molar-refractivity contribution >= 4 is 22.4 Å². The molecule has 1 aliphatic rings. The Morgan fingerprint density at radius 1 is 1.56 bits per heavy atom. The SMILES string of the molecule is CN(C)C1(CNc2ncc(C(=O)O)s2)CCCC1. The summed E-state index contributed by atoms with van der Waals surface area (Å²) in [6, 6.07) is 0. The van der Waals surface area contributed by atoms with Crippen LogP contribution in [0.1, 0.15) is 35.4 Å². The molecule has 0 unspecified atom stereocenters. The van der Waals surface area contributed by atoms with Gasteiger partial charge in [-0.25, -0.2) is 9.78 Å². The highest BCUT2D eigenvalue weighted by Crippen LogP contribution is 2.34. The zero-order valence-corrected chi connectivity index (χ0v) is 11.6. The lowest BCUT2D eigenvalue weighted by atomic mass is 9.96. The number of thiazole rings is 1. The number of carboxylic acid groups (broad SMARTS) is 1. The summed E-state index contributed by atoms with van der Waals surface area (Å²) in [5, 5.41) is 12.8. The van der Waals surface area contributed by atoms with E-state index < -0.39 is 5.97 Å². The zero-order chi connectivity index (χ0) is 13.2. The average Bonchev–Trinajstić information content (AvgIpc) is 2.96. The van der Waals surface area contributed by atoms with Gasteiger partial charge in [-0.3, -0.25) is 0 Å². The summed E-state index contributed by atoms with van der Waals surface area (Å²) in [5.74, 6) is -0.913. The molecule has 1 saturated carbocycles. The van der Waals surface area contributed by atoms with E-state index in [-0.39, 0.29) is 10.4 Å². The smallest absolute Gasteiger partial charge is 0.347 e. The van der Waals surface area contributed by atoms with Crippen molar-refractivity contribution in [1.29, 1.82) is 0 Å². The Kier molecular flexibility index (Phi) is 3.87. The summed E-state index contributed by atoms with van der Waals surface area (Å²) in [6.07, 6.45) is 6.30. The van der Waals surface area contributed by atoms with E-state index in [1.165, 1.54) is 43.2 Å². The summed E-state index contributed by atoms with van der Waals surface area (Å²) in [7, 11) is 4.22. The van der Waals surface area contributed by atoms with Crippen molar-refractivity contribution in [3.8, 4) is 0 Å². The first-order valence-corrected chi connectivity index (χ1v) is 6.96. The zero-order valence-electron chi connectivity index (χ0n) is 10.8. The van der Waals surface area contributed by atoms with Crippen LogP contribution >= 0.6 is 11.3 Å². The molecule has 0 aliphatic heterocycles. The predicted molar refractivity (Wildman–Crippen MR) is 72.4 cm³/mol. The maximum absolute atomic E-state index is 10.8. The number of nitrogens with one attached hydrogen (secondary N) is 1. The Hall–Kier alpha value is -1.14. The molecule has 100 valence electrons. The molecule has 0 bridgehead atoms. The number of nitrogens with zero attached hydrogens (tertiary/aromatic N) is 2. The van der Waals surface area contributed by atoms with E-state index in [1.54, 1.807) is 0 Å². The van der Waals surface area contributed by atoms with E-state index in [0.29, 0.717) is 5.13 Å². The van der Waals surface area contributed by atoms with Crippen LogP contribution in [0.2, 0.25) is 0 Å². The normalized spacial score (nSPS) is 18.2. The summed E-state index contributed by atoms with van der Waals surface area (Å²) >= 11 is 1.19. The first-order chi connectivity index (χ1) is 8.53. The second kappa shape index (κ2) is 5.24. The fraction of sp³-hybridized carbons (Fsp3) is 0.667. The lowest BCUT2D eigenvalue weighted by molar-refractivity contribution is 0.0702. The molecule has 5 nitrogen and oxygen atoms in total. The molecule has 1 aromatic heterocycles. The first kappa shape index (κ1) is 13.3. The van der Waals surface area contributed by atoms with E-state index >= 15 is 0 Å². The Labute approximate surface area is 111 Å². The van der Waals surface area contributed by atoms with Gasteiger partial charge < -0.3 is 15.3 Å². The highest BCUT2D eigenvalue weighted by atomic mass is 32.1. The molecule has 1 aromatic rings. The second-order valence-corrected chi connectivity index (χ2v) is 6.04. The second-order valence-electron chi connectivity index (χ2n) is 5.01. The molecule has 0 amide bonds. The van der Waals surface area contributed by atoms with Gasteiger partial charge in [-0.2, -0.15) is 0 Å². The topological polar surface area (TPSA) is 65.5 Å². The third-order valence-corrected chi connectivity index (χ3v) is 4.71. The van der Waals surface area contributed by atoms with Crippen LogP contribution in [0.3, 0.4) is 0 Å². The van der Waals surface area contributed by atoms with Crippen LogP contribution in [0.5, 0.6) is 0 Å². The molecule has 1 aliphatic carbocycles. The molecule has 0 atom stereocenters. The van der Waals surface area contributed by atoms with Crippen molar-refractivity contribution in [2.45, 2.75) is 31.2 Å². The van der Waals surface area contributed by atoms with Crippen LogP contribution in [0.25, 0.3) is 0 Å². The molecule has 2 N–H and O–H groups in total. The van der Waals surface area contributed by atoms with Crippen LogP contribution < -0.4 is 5.32 Å². The van der Waals surface area contributed by atoms with Crippen LogP contribution in [0.4, 0.5) is 5.13 Å². The number of aromatic carboxylic acids is 1. The van der Waals surface area contributed by atoms with Crippen molar-refractivity contribution in [1.82, 2.24) is 9.88 Å². The number of carboxylic acids is 1. The molecule has 2 rings (SSSR count). The molecule has 1 fully saturated rings. The van der Waals surface area contributed by atoms with Gasteiger partial charge in [0.25, 0.3) is 0 Å². The molecule has 1 heterocycles. The van der Waals surface area contributed by atoms with Gasteiger partial charge in [0, 0.05) is 12.1 Å². The fourth-order valence-corrected chi connectivity index (χ4v) is 3.16. The summed E-state index contributed by atoms with van der Waals surface area (Å²) in [4.78, 5) is 17.4. The molecule has 0 saturated heterocycles. The van der Waals surface area contributed by atoms with Crippen LogP contribution in [-0.2, 0) is 0 Å². The number of hydrogen-bond acceptors (Lipinski definition) is 5. The lowest BCUT2D eigenvalue weighted by Gasteiger charge is -2.36. The minimum Gasteiger partial charge on any atom is -0.477 e. The monoisotopic (exact) mass is 269 g/mol. The maximum Gasteiger partial charge on any atom is 0.347 e.